The van der Waals surface area contributed by atoms with Crippen molar-refractivity contribution in [3.63, 3.8) is 0 Å². The average molecular weight is 102 g/mol. The van der Waals surface area contributed by atoms with E-state index in [1.165, 1.54) is 12.8 Å². The molecule has 1 aliphatic carbocycles. The van der Waals surface area contributed by atoms with Gasteiger partial charge in [0.25, 0.3) is 0 Å². The number of hydrogen-bond acceptors (Lipinski definition) is 0. The normalized spacial score (nSPS) is 45.0. The first-order valence-electron chi connectivity index (χ1n) is 2.56. The van der Waals surface area contributed by atoms with Crippen LogP contribution in [-0.4, -0.2) is 5.66 Å². The van der Waals surface area contributed by atoms with Crippen molar-refractivity contribution in [2.24, 2.45) is 5.92 Å². The van der Waals surface area contributed by atoms with Crippen LogP contribution in [-0.2, 0) is 0 Å². The molecule has 0 aliphatic heterocycles. The lowest BCUT2D eigenvalue weighted by Gasteiger charge is -2.29. The average Bonchev–Trinajstić information content (AvgIpc) is 1.61. The van der Waals surface area contributed by atoms with Gasteiger partial charge in [-0.05, 0) is 24.4 Å². The zero-order valence-electron chi connectivity index (χ0n) is 4.15. The van der Waals surface area contributed by atoms with Crippen molar-refractivity contribution in [1.29, 1.82) is 0 Å². The summed E-state index contributed by atoms with van der Waals surface area (Å²) in [7, 11) is 2.86. The molecule has 0 spiro atoms. The molecule has 0 aromatic rings. The number of hydrogen-bond donors (Lipinski definition) is 0. The highest BCUT2D eigenvalue weighted by atomic mass is 31.0. The quantitative estimate of drug-likeness (QED) is 0.408. The van der Waals surface area contributed by atoms with Crippen LogP contribution in [0.5, 0.6) is 0 Å². The molecule has 36 valence electrons. The van der Waals surface area contributed by atoms with Gasteiger partial charge in [0.1, 0.15) is 0 Å². The van der Waals surface area contributed by atoms with Gasteiger partial charge in [0.2, 0.25) is 0 Å². The van der Waals surface area contributed by atoms with Crippen LogP contribution in [0.4, 0.5) is 0 Å². The second-order valence-corrected chi connectivity index (χ2v) is 3.07. The minimum absolute atomic E-state index is 0.949. The van der Waals surface area contributed by atoms with Gasteiger partial charge in [0.15, 0.2) is 0 Å². The largest absolute Gasteiger partial charge is 0.134 e. The maximum atomic E-state index is 2.86. The molecule has 0 aromatic heterocycles. The zero-order chi connectivity index (χ0) is 4.57. The van der Waals surface area contributed by atoms with Crippen molar-refractivity contribution in [3.05, 3.63) is 0 Å². The lowest BCUT2D eigenvalue weighted by molar-refractivity contribution is 0.362. The van der Waals surface area contributed by atoms with Crippen molar-refractivity contribution in [2.45, 2.75) is 25.4 Å². The van der Waals surface area contributed by atoms with E-state index in [0.717, 1.165) is 11.6 Å². The van der Waals surface area contributed by atoms with Crippen molar-refractivity contribution in [2.75, 3.05) is 0 Å². The molecule has 0 radical (unpaired) electrons. The molecule has 3 atom stereocenters. The van der Waals surface area contributed by atoms with Crippen LogP contribution < -0.4 is 0 Å². The van der Waals surface area contributed by atoms with Crippen LogP contribution in [0.2, 0.25) is 0 Å². The molecule has 6 heavy (non-hydrogen) atoms. The molecule has 0 aromatic carbocycles. The minimum atomic E-state index is 0.949. The summed E-state index contributed by atoms with van der Waals surface area (Å²) in [5.74, 6) is 0.995. The predicted octanol–water partition coefficient (Wildman–Crippen LogP) is 1.66. The lowest BCUT2D eigenvalue weighted by Crippen LogP contribution is -2.21. The maximum absolute atomic E-state index is 2.86. The Bertz CT molecular complexity index is 43.9. The van der Waals surface area contributed by atoms with E-state index in [-0.39, 0.29) is 0 Å². The van der Waals surface area contributed by atoms with Gasteiger partial charge < -0.3 is 0 Å². The van der Waals surface area contributed by atoms with Gasteiger partial charge in [-0.2, -0.15) is 0 Å². The molecule has 1 heteroatoms. The van der Waals surface area contributed by atoms with Gasteiger partial charge in [-0.25, -0.2) is 0 Å². The second kappa shape index (κ2) is 1.50. The molecule has 1 saturated carbocycles. The first kappa shape index (κ1) is 4.59. The van der Waals surface area contributed by atoms with Gasteiger partial charge in [-0.1, -0.05) is 6.92 Å². The summed E-state index contributed by atoms with van der Waals surface area (Å²) >= 11 is 0. The van der Waals surface area contributed by atoms with Crippen molar-refractivity contribution >= 4 is 9.24 Å². The highest BCUT2D eigenvalue weighted by molar-refractivity contribution is 7.17. The molecular weight excluding hydrogens is 91.0 g/mol. The Morgan fingerprint density at radius 3 is 2.00 bits per heavy atom. The van der Waals surface area contributed by atoms with Crippen LogP contribution in [0.15, 0.2) is 0 Å². The molecule has 0 bridgehead atoms. The molecule has 3 unspecified atom stereocenters. The van der Waals surface area contributed by atoms with Gasteiger partial charge in [0.05, 0.1) is 0 Å². The summed E-state index contributed by atoms with van der Waals surface area (Å²) in [6.45, 7) is 2.31. The van der Waals surface area contributed by atoms with Crippen LogP contribution in [0.25, 0.3) is 0 Å². The van der Waals surface area contributed by atoms with Crippen molar-refractivity contribution in [1.82, 2.24) is 0 Å². The summed E-state index contributed by atoms with van der Waals surface area (Å²) in [6.07, 6.45) is 2.89. The molecule has 0 nitrogen and oxygen atoms in total. The molecule has 1 rings (SSSR count). The third-order valence-corrected chi connectivity index (χ3v) is 2.68. The van der Waals surface area contributed by atoms with E-state index in [4.69, 9.17) is 0 Å². The zero-order valence-corrected chi connectivity index (χ0v) is 5.30. The highest BCUT2D eigenvalue weighted by Crippen LogP contribution is 2.32. The van der Waals surface area contributed by atoms with Crippen LogP contribution >= 0.6 is 9.24 Å². The minimum Gasteiger partial charge on any atom is -0.134 e. The molecule has 0 saturated heterocycles. The van der Waals surface area contributed by atoms with E-state index in [2.05, 4.69) is 16.2 Å². The standard InChI is InChI=1S/C5H11P/c1-4-2-3-5(4)6/h4-5H,2-3,6H2,1H3. The van der Waals surface area contributed by atoms with Gasteiger partial charge in [-0.15, -0.1) is 9.24 Å². The third kappa shape index (κ3) is 0.586. The Labute approximate surface area is 41.5 Å². The summed E-state index contributed by atoms with van der Waals surface area (Å²) in [5.41, 5.74) is 0.949. The van der Waals surface area contributed by atoms with Crippen LogP contribution in [0, 0.1) is 5.92 Å². The van der Waals surface area contributed by atoms with Crippen LogP contribution in [0.1, 0.15) is 19.8 Å². The fraction of sp³-hybridized carbons (Fsp3) is 1.00. The molecular formula is C5H11P. The van der Waals surface area contributed by atoms with Crippen LogP contribution in [0.3, 0.4) is 0 Å². The molecule has 0 amide bonds. The smallest absolute Gasteiger partial charge is 0.0238 e. The number of rotatable bonds is 0. The second-order valence-electron chi connectivity index (χ2n) is 2.22. The Balaban J connectivity index is 2.20. The Morgan fingerprint density at radius 1 is 1.50 bits per heavy atom. The summed E-state index contributed by atoms with van der Waals surface area (Å²) in [6, 6.07) is 0. The molecule has 0 heterocycles. The Hall–Kier alpha value is 0.430. The summed E-state index contributed by atoms with van der Waals surface area (Å²) < 4.78 is 0. The fourth-order valence-corrected chi connectivity index (χ4v) is 1.08. The van der Waals surface area contributed by atoms with E-state index in [0.29, 0.717) is 0 Å². The van der Waals surface area contributed by atoms with Gasteiger partial charge >= 0.3 is 0 Å². The van der Waals surface area contributed by atoms with E-state index < -0.39 is 0 Å². The predicted molar refractivity (Wildman–Crippen MR) is 31.9 cm³/mol. The Morgan fingerprint density at radius 2 is 2.00 bits per heavy atom. The molecule has 0 N–H and O–H groups in total. The summed E-state index contributed by atoms with van der Waals surface area (Å²) in [5, 5.41) is 0. The molecule has 1 aliphatic rings. The van der Waals surface area contributed by atoms with Crippen molar-refractivity contribution in [3.8, 4) is 0 Å². The van der Waals surface area contributed by atoms with E-state index in [1.807, 2.05) is 0 Å². The highest BCUT2D eigenvalue weighted by Gasteiger charge is 2.21. The third-order valence-electron chi connectivity index (χ3n) is 1.69. The maximum Gasteiger partial charge on any atom is -0.0238 e. The summed E-state index contributed by atoms with van der Waals surface area (Å²) in [4.78, 5) is 0. The first-order valence-corrected chi connectivity index (χ1v) is 3.23. The topological polar surface area (TPSA) is 0 Å². The SMILES string of the molecule is CC1CCC1P. The lowest BCUT2D eigenvalue weighted by atomic mass is 9.87. The fourth-order valence-electron chi connectivity index (χ4n) is 0.692. The first-order chi connectivity index (χ1) is 2.80. The van der Waals surface area contributed by atoms with E-state index >= 15 is 0 Å². The molecule has 1 fully saturated rings. The van der Waals surface area contributed by atoms with E-state index in [9.17, 15) is 0 Å². The van der Waals surface area contributed by atoms with Gasteiger partial charge in [-0.3, -0.25) is 0 Å². The Kier molecular flexibility index (Phi) is 1.15. The van der Waals surface area contributed by atoms with Crippen molar-refractivity contribution < 1.29 is 0 Å². The van der Waals surface area contributed by atoms with E-state index in [1.54, 1.807) is 0 Å². The monoisotopic (exact) mass is 102 g/mol. The van der Waals surface area contributed by atoms with Gasteiger partial charge in [0, 0.05) is 0 Å².